The monoisotopic (exact) mass is 597 g/mol. The van der Waals surface area contributed by atoms with Gasteiger partial charge in [0, 0.05) is 58.4 Å². The van der Waals surface area contributed by atoms with E-state index in [0.717, 1.165) is 64.2 Å². The molecule has 1 amide bonds. The van der Waals surface area contributed by atoms with E-state index in [1.807, 2.05) is 42.5 Å². The van der Waals surface area contributed by atoms with Crippen molar-refractivity contribution in [1.82, 2.24) is 19.5 Å². The van der Waals surface area contributed by atoms with E-state index >= 15 is 0 Å². The lowest BCUT2D eigenvalue weighted by atomic mass is 10.2. The topological polar surface area (TPSA) is 85.8 Å². The first-order valence-electron chi connectivity index (χ1n) is 13.1. The molecule has 0 saturated carbocycles. The number of aromatic nitrogens is 1. The van der Waals surface area contributed by atoms with E-state index in [2.05, 4.69) is 22.0 Å². The molecule has 40 heavy (non-hydrogen) atoms. The standard InChI is InChI=1S/C29H32ClN5O3S2/c1-21-8-13-25(30)27-26(21)32-29(39-27)35-18-16-34(17-19-35)15-14-31-28(36)23-9-11-24(12-10-23)40(37,38)33(2)20-22-6-4-3-5-7-22/h3-13H,14-20H2,1-2H3,(H,31,36). The zero-order chi connectivity index (χ0) is 28.3. The van der Waals surface area contributed by atoms with Crippen LogP contribution < -0.4 is 10.2 Å². The van der Waals surface area contributed by atoms with E-state index in [4.69, 9.17) is 16.6 Å². The first kappa shape index (κ1) is 28.5. The number of carbonyl (C=O) groups is 1. The number of piperazine rings is 1. The van der Waals surface area contributed by atoms with Crippen molar-refractivity contribution in [1.29, 1.82) is 0 Å². The summed E-state index contributed by atoms with van der Waals surface area (Å²) in [4.78, 5) is 22.3. The third kappa shape index (κ3) is 6.31. The van der Waals surface area contributed by atoms with Crippen molar-refractivity contribution in [3.05, 3.63) is 88.4 Å². The van der Waals surface area contributed by atoms with E-state index in [-0.39, 0.29) is 17.3 Å². The van der Waals surface area contributed by atoms with Gasteiger partial charge in [0.15, 0.2) is 5.13 Å². The Labute approximate surface area is 244 Å². The van der Waals surface area contributed by atoms with Crippen molar-refractivity contribution in [2.24, 2.45) is 0 Å². The average Bonchev–Trinajstić information content (AvgIpc) is 3.43. The molecule has 0 aliphatic carbocycles. The molecule has 11 heteroatoms. The van der Waals surface area contributed by atoms with Gasteiger partial charge in [-0.25, -0.2) is 13.4 Å². The number of benzene rings is 3. The molecular formula is C29H32ClN5O3S2. The first-order chi connectivity index (χ1) is 19.2. The lowest BCUT2D eigenvalue weighted by molar-refractivity contribution is 0.0947. The van der Waals surface area contributed by atoms with Crippen molar-refractivity contribution >= 4 is 54.2 Å². The number of amides is 1. The van der Waals surface area contributed by atoms with Crippen LogP contribution in [0.4, 0.5) is 5.13 Å². The van der Waals surface area contributed by atoms with Gasteiger partial charge in [0.25, 0.3) is 5.91 Å². The highest BCUT2D eigenvalue weighted by Crippen LogP contribution is 2.35. The Hall–Kier alpha value is -3.02. The maximum Gasteiger partial charge on any atom is 0.251 e. The number of sulfonamides is 1. The fraction of sp³-hybridized carbons (Fsp3) is 0.310. The molecule has 1 N–H and O–H groups in total. The molecule has 8 nitrogen and oxygen atoms in total. The van der Waals surface area contributed by atoms with Crippen LogP contribution in [0.15, 0.2) is 71.6 Å². The number of thiazole rings is 1. The van der Waals surface area contributed by atoms with E-state index in [0.29, 0.717) is 12.1 Å². The lowest BCUT2D eigenvalue weighted by Gasteiger charge is -2.34. The smallest absolute Gasteiger partial charge is 0.251 e. The maximum atomic E-state index is 13.0. The van der Waals surface area contributed by atoms with Crippen LogP contribution in [0, 0.1) is 6.92 Å². The Balaban J connectivity index is 1.09. The third-order valence-corrected chi connectivity index (χ3v) is 10.5. The molecule has 3 aromatic carbocycles. The van der Waals surface area contributed by atoms with Gasteiger partial charge in [0.05, 0.1) is 20.1 Å². The van der Waals surface area contributed by atoms with Crippen molar-refractivity contribution in [3.63, 3.8) is 0 Å². The number of carbonyl (C=O) groups excluding carboxylic acids is 1. The summed E-state index contributed by atoms with van der Waals surface area (Å²) in [5.41, 5.74) is 3.44. The largest absolute Gasteiger partial charge is 0.351 e. The summed E-state index contributed by atoms with van der Waals surface area (Å²) in [5.74, 6) is -0.220. The second-order valence-corrected chi connectivity index (χ2v) is 13.3. The van der Waals surface area contributed by atoms with Gasteiger partial charge < -0.3 is 10.2 Å². The van der Waals surface area contributed by atoms with Crippen LogP contribution in [0.2, 0.25) is 5.02 Å². The van der Waals surface area contributed by atoms with E-state index in [9.17, 15) is 13.2 Å². The molecule has 1 aromatic heterocycles. The van der Waals surface area contributed by atoms with E-state index in [1.54, 1.807) is 30.5 Å². The van der Waals surface area contributed by atoms with Crippen molar-refractivity contribution in [2.45, 2.75) is 18.4 Å². The summed E-state index contributed by atoms with van der Waals surface area (Å²) in [6, 6.07) is 19.5. The minimum atomic E-state index is -3.67. The van der Waals surface area contributed by atoms with Crippen LogP contribution in [0.1, 0.15) is 21.5 Å². The molecule has 0 spiro atoms. The molecule has 1 fully saturated rings. The summed E-state index contributed by atoms with van der Waals surface area (Å²) in [6.07, 6.45) is 0. The molecule has 2 heterocycles. The Kier molecular flexibility index (Phi) is 8.72. The van der Waals surface area contributed by atoms with Gasteiger partial charge in [-0.05, 0) is 48.4 Å². The highest BCUT2D eigenvalue weighted by atomic mass is 35.5. The highest BCUT2D eigenvalue weighted by Gasteiger charge is 2.23. The van der Waals surface area contributed by atoms with Gasteiger partial charge in [-0.3, -0.25) is 9.69 Å². The lowest BCUT2D eigenvalue weighted by Crippen LogP contribution is -2.48. The number of nitrogens with zero attached hydrogens (tertiary/aromatic N) is 4. The van der Waals surface area contributed by atoms with E-state index < -0.39 is 10.0 Å². The number of fused-ring (bicyclic) bond motifs is 1. The minimum absolute atomic E-state index is 0.158. The predicted molar refractivity (Wildman–Crippen MR) is 162 cm³/mol. The number of anilines is 1. The van der Waals surface area contributed by atoms with Crippen LogP contribution in [-0.4, -0.2) is 74.8 Å². The molecule has 4 aromatic rings. The predicted octanol–water partition coefficient (Wildman–Crippen LogP) is 4.63. The molecule has 0 atom stereocenters. The zero-order valence-electron chi connectivity index (χ0n) is 22.5. The summed E-state index contributed by atoms with van der Waals surface area (Å²) in [5, 5.41) is 4.69. The summed E-state index contributed by atoms with van der Waals surface area (Å²) in [6.45, 7) is 7.04. The van der Waals surface area contributed by atoms with Gasteiger partial charge >= 0.3 is 0 Å². The maximum absolute atomic E-state index is 13.0. The number of aryl methyl sites for hydroxylation is 1. The van der Waals surface area contributed by atoms with E-state index in [1.165, 1.54) is 16.4 Å². The SMILES string of the molecule is Cc1ccc(Cl)c2sc(N3CCN(CCNC(=O)c4ccc(S(=O)(=O)N(C)Cc5ccccc5)cc4)CC3)nc12. The molecule has 1 saturated heterocycles. The van der Waals surface area contributed by atoms with Gasteiger partial charge in [-0.2, -0.15) is 4.31 Å². The zero-order valence-corrected chi connectivity index (χ0v) is 24.9. The molecule has 0 radical (unpaired) electrons. The Morgan fingerprint density at radius 1 is 1.02 bits per heavy atom. The minimum Gasteiger partial charge on any atom is -0.351 e. The third-order valence-electron chi connectivity index (χ3n) is 7.12. The second-order valence-electron chi connectivity index (χ2n) is 9.89. The van der Waals surface area contributed by atoms with Gasteiger partial charge in [0.1, 0.15) is 0 Å². The fourth-order valence-electron chi connectivity index (χ4n) is 4.70. The molecular weight excluding hydrogens is 566 g/mol. The van der Waals surface area contributed by atoms with Gasteiger partial charge in [0.2, 0.25) is 10.0 Å². The van der Waals surface area contributed by atoms with Gasteiger partial charge in [-0.1, -0.05) is 59.3 Å². The molecule has 5 rings (SSSR count). The van der Waals surface area contributed by atoms with Gasteiger partial charge in [-0.15, -0.1) is 0 Å². The van der Waals surface area contributed by atoms with Crippen molar-refractivity contribution in [2.75, 3.05) is 51.2 Å². The highest BCUT2D eigenvalue weighted by molar-refractivity contribution is 7.89. The second kappa shape index (κ2) is 12.2. The molecule has 1 aliphatic heterocycles. The molecule has 0 bridgehead atoms. The van der Waals surface area contributed by atoms with Crippen LogP contribution in [0.25, 0.3) is 10.2 Å². The number of hydrogen-bond acceptors (Lipinski definition) is 7. The molecule has 210 valence electrons. The number of halogens is 1. The quantitative estimate of drug-likeness (QED) is 0.303. The Morgan fingerprint density at radius 3 is 2.40 bits per heavy atom. The summed E-state index contributed by atoms with van der Waals surface area (Å²) >= 11 is 8.02. The number of nitrogens with one attached hydrogen (secondary N) is 1. The fourth-order valence-corrected chi connectivity index (χ4v) is 7.23. The summed E-state index contributed by atoms with van der Waals surface area (Å²) in [7, 11) is -2.11. The summed E-state index contributed by atoms with van der Waals surface area (Å²) < 4.78 is 28.3. The number of rotatable bonds is 9. The first-order valence-corrected chi connectivity index (χ1v) is 15.8. The van der Waals surface area contributed by atoms with Crippen molar-refractivity contribution < 1.29 is 13.2 Å². The van der Waals surface area contributed by atoms with Crippen LogP contribution in [0.5, 0.6) is 0 Å². The van der Waals surface area contributed by atoms with Crippen LogP contribution >= 0.6 is 22.9 Å². The molecule has 0 unspecified atom stereocenters. The van der Waals surface area contributed by atoms with Crippen LogP contribution in [-0.2, 0) is 16.6 Å². The van der Waals surface area contributed by atoms with Crippen LogP contribution in [0.3, 0.4) is 0 Å². The van der Waals surface area contributed by atoms with Crippen molar-refractivity contribution in [3.8, 4) is 0 Å². The Morgan fingerprint density at radius 2 is 1.73 bits per heavy atom. The molecule has 1 aliphatic rings. The number of hydrogen-bond donors (Lipinski definition) is 1. The Bertz CT molecular complexity index is 1550. The normalized spacial score (nSPS) is 14.7. The average molecular weight is 598 g/mol.